The molecular formula is C7H13F2NO3. The lowest BCUT2D eigenvalue weighted by Crippen LogP contribution is -2.33. The Morgan fingerprint density at radius 3 is 2.46 bits per heavy atom. The molecule has 6 heteroatoms. The van der Waals surface area contributed by atoms with Crippen molar-refractivity contribution >= 4 is 5.97 Å². The highest BCUT2D eigenvalue weighted by Crippen LogP contribution is 2.08. The van der Waals surface area contributed by atoms with Gasteiger partial charge in [0.2, 0.25) is 0 Å². The predicted molar refractivity (Wildman–Crippen MR) is 41.2 cm³/mol. The molecule has 0 aromatic rings. The number of nitrogens with two attached hydrogens (primary N) is 1. The molecule has 0 aliphatic heterocycles. The van der Waals surface area contributed by atoms with E-state index >= 15 is 0 Å². The van der Waals surface area contributed by atoms with Crippen LogP contribution in [-0.2, 0) is 9.53 Å². The van der Waals surface area contributed by atoms with Gasteiger partial charge in [0.25, 0.3) is 6.43 Å². The van der Waals surface area contributed by atoms with Crippen molar-refractivity contribution in [1.29, 1.82) is 0 Å². The summed E-state index contributed by atoms with van der Waals surface area (Å²) in [6.07, 6.45) is -4.76. The van der Waals surface area contributed by atoms with Gasteiger partial charge in [0.1, 0.15) is 12.1 Å². The summed E-state index contributed by atoms with van der Waals surface area (Å²) >= 11 is 0. The highest BCUT2D eigenvalue weighted by molar-refractivity contribution is 5.75. The fourth-order valence-corrected chi connectivity index (χ4v) is 0.746. The third-order valence-electron chi connectivity index (χ3n) is 1.57. The number of esters is 1. The van der Waals surface area contributed by atoms with Crippen LogP contribution in [0.3, 0.4) is 0 Å². The predicted octanol–water partition coefficient (Wildman–Crippen LogP) is -0.107. The topological polar surface area (TPSA) is 72.5 Å². The van der Waals surface area contributed by atoms with Crippen LogP contribution in [0.25, 0.3) is 0 Å². The molecule has 0 saturated carbocycles. The molecule has 2 atom stereocenters. The normalized spacial score (nSPS) is 15.5. The van der Waals surface area contributed by atoms with Crippen LogP contribution >= 0.6 is 0 Å². The van der Waals surface area contributed by atoms with E-state index < -0.39 is 24.5 Å². The molecule has 0 aliphatic rings. The van der Waals surface area contributed by atoms with Crippen LogP contribution in [0.1, 0.15) is 12.8 Å². The molecule has 0 fully saturated rings. The van der Waals surface area contributed by atoms with Crippen molar-refractivity contribution in [3.63, 3.8) is 0 Å². The molecule has 2 unspecified atom stereocenters. The first-order chi connectivity index (χ1) is 5.99. The quantitative estimate of drug-likeness (QED) is 0.603. The number of hydrogen-bond acceptors (Lipinski definition) is 4. The second kappa shape index (κ2) is 5.82. The van der Waals surface area contributed by atoms with Gasteiger partial charge in [-0.2, -0.15) is 0 Å². The van der Waals surface area contributed by atoms with Gasteiger partial charge in [-0.3, -0.25) is 4.79 Å². The Labute approximate surface area is 74.7 Å². The van der Waals surface area contributed by atoms with Gasteiger partial charge in [0.05, 0.1) is 7.11 Å². The smallest absolute Gasteiger partial charge is 0.322 e. The van der Waals surface area contributed by atoms with E-state index in [1.807, 2.05) is 0 Å². The fraction of sp³-hybridized carbons (Fsp3) is 0.857. The van der Waals surface area contributed by atoms with E-state index in [0.717, 1.165) is 7.11 Å². The lowest BCUT2D eigenvalue weighted by molar-refractivity contribution is -0.142. The van der Waals surface area contributed by atoms with Crippen LogP contribution < -0.4 is 5.73 Å². The third-order valence-corrected chi connectivity index (χ3v) is 1.57. The molecule has 0 radical (unpaired) electrons. The zero-order valence-corrected chi connectivity index (χ0v) is 7.24. The van der Waals surface area contributed by atoms with Crippen molar-refractivity contribution in [1.82, 2.24) is 0 Å². The molecule has 0 amide bonds. The maximum atomic E-state index is 11.8. The molecule has 78 valence electrons. The van der Waals surface area contributed by atoms with Crippen LogP contribution in [-0.4, -0.2) is 36.8 Å². The van der Waals surface area contributed by atoms with Crippen molar-refractivity contribution in [2.75, 3.05) is 7.11 Å². The number of methoxy groups -OCH3 is 1. The largest absolute Gasteiger partial charge is 0.468 e. The summed E-state index contributed by atoms with van der Waals surface area (Å²) in [5.74, 6) is -0.665. The van der Waals surface area contributed by atoms with E-state index in [1.165, 1.54) is 0 Å². The second-order valence-corrected chi connectivity index (χ2v) is 2.61. The molecular weight excluding hydrogens is 184 g/mol. The number of carbonyl (C=O) groups is 1. The number of carbonyl (C=O) groups excluding carboxylic acids is 1. The highest BCUT2D eigenvalue weighted by atomic mass is 19.3. The van der Waals surface area contributed by atoms with Crippen molar-refractivity contribution < 1.29 is 23.4 Å². The molecule has 0 rings (SSSR count). The van der Waals surface area contributed by atoms with Crippen LogP contribution in [0.4, 0.5) is 8.78 Å². The minimum absolute atomic E-state index is 0.0157. The number of aliphatic hydroxyl groups excluding tert-OH is 1. The van der Waals surface area contributed by atoms with E-state index in [9.17, 15) is 13.6 Å². The molecule has 0 bridgehead atoms. The van der Waals surface area contributed by atoms with Gasteiger partial charge in [-0.1, -0.05) is 0 Å². The maximum absolute atomic E-state index is 11.8. The zero-order chi connectivity index (χ0) is 10.4. The van der Waals surface area contributed by atoms with Gasteiger partial charge in [0.15, 0.2) is 0 Å². The van der Waals surface area contributed by atoms with Gasteiger partial charge < -0.3 is 15.6 Å². The van der Waals surface area contributed by atoms with E-state index in [-0.39, 0.29) is 12.8 Å². The lowest BCUT2D eigenvalue weighted by atomic mass is 10.1. The second-order valence-electron chi connectivity index (χ2n) is 2.61. The number of halogens is 2. The number of rotatable bonds is 5. The Balaban J connectivity index is 3.69. The summed E-state index contributed by atoms with van der Waals surface area (Å²) in [5.41, 5.74) is 5.25. The Kier molecular flexibility index (Phi) is 5.48. The van der Waals surface area contributed by atoms with Crippen LogP contribution in [0.5, 0.6) is 0 Å². The molecule has 4 nitrogen and oxygen atoms in total. The first kappa shape index (κ1) is 12.2. The van der Waals surface area contributed by atoms with E-state index in [0.29, 0.717) is 0 Å². The number of alkyl halides is 2. The summed E-state index contributed by atoms with van der Waals surface area (Å²) < 4.78 is 27.8. The zero-order valence-electron chi connectivity index (χ0n) is 7.24. The average molecular weight is 197 g/mol. The fourth-order valence-electron chi connectivity index (χ4n) is 0.746. The lowest BCUT2D eigenvalue weighted by Gasteiger charge is -2.12. The standard InChI is InChI=1S/C7H13F2NO3/c1-13-7(12)4(10)2-3-5(11)6(8)9/h4-6,11H,2-3,10H2,1H3. The first-order valence-electron chi connectivity index (χ1n) is 3.78. The SMILES string of the molecule is COC(=O)C(N)CCC(O)C(F)F. The molecule has 0 heterocycles. The number of aliphatic hydroxyl groups is 1. The minimum Gasteiger partial charge on any atom is -0.468 e. The Bertz CT molecular complexity index is 166. The van der Waals surface area contributed by atoms with Crippen LogP contribution in [0.2, 0.25) is 0 Å². The Morgan fingerprint density at radius 2 is 2.08 bits per heavy atom. The summed E-state index contributed by atoms with van der Waals surface area (Å²) in [5, 5.41) is 8.67. The molecule has 0 saturated heterocycles. The molecule has 0 aromatic carbocycles. The molecule has 0 spiro atoms. The van der Waals surface area contributed by atoms with E-state index in [4.69, 9.17) is 10.8 Å². The van der Waals surface area contributed by atoms with E-state index in [2.05, 4.69) is 4.74 Å². The highest BCUT2D eigenvalue weighted by Gasteiger charge is 2.20. The molecule has 3 N–H and O–H groups in total. The summed E-state index contributed by atoms with van der Waals surface area (Å²) in [4.78, 5) is 10.7. The van der Waals surface area contributed by atoms with Gasteiger partial charge in [-0.25, -0.2) is 8.78 Å². The molecule has 0 aromatic heterocycles. The van der Waals surface area contributed by atoms with Crippen LogP contribution in [0, 0.1) is 0 Å². The van der Waals surface area contributed by atoms with Crippen molar-refractivity contribution in [3.8, 4) is 0 Å². The van der Waals surface area contributed by atoms with Gasteiger partial charge in [-0.05, 0) is 12.8 Å². The number of ether oxygens (including phenoxy) is 1. The van der Waals surface area contributed by atoms with Gasteiger partial charge >= 0.3 is 5.97 Å². The average Bonchev–Trinajstić information content (AvgIpc) is 2.11. The summed E-state index contributed by atoms with van der Waals surface area (Å²) in [6, 6.07) is -0.946. The Hall–Kier alpha value is -0.750. The minimum atomic E-state index is -2.80. The summed E-state index contributed by atoms with van der Waals surface area (Å²) in [6.45, 7) is 0. The van der Waals surface area contributed by atoms with Crippen molar-refractivity contribution in [3.05, 3.63) is 0 Å². The number of hydrogen-bond donors (Lipinski definition) is 2. The van der Waals surface area contributed by atoms with E-state index in [1.54, 1.807) is 0 Å². The summed E-state index contributed by atoms with van der Waals surface area (Å²) in [7, 11) is 1.16. The first-order valence-corrected chi connectivity index (χ1v) is 3.78. The van der Waals surface area contributed by atoms with Crippen molar-refractivity contribution in [2.24, 2.45) is 5.73 Å². The Morgan fingerprint density at radius 1 is 1.54 bits per heavy atom. The van der Waals surface area contributed by atoms with Crippen LogP contribution in [0.15, 0.2) is 0 Å². The maximum Gasteiger partial charge on any atom is 0.322 e. The monoisotopic (exact) mass is 197 g/mol. The third kappa shape index (κ3) is 4.74. The molecule has 0 aliphatic carbocycles. The van der Waals surface area contributed by atoms with Crippen molar-refractivity contribution in [2.45, 2.75) is 31.4 Å². The van der Waals surface area contributed by atoms with Gasteiger partial charge in [0, 0.05) is 0 Å². The molecule has 13 heavy (non-hydrogen) atoms. The van der Waals surface area contributed by atoms with Gasteiger partial charge in [-0.15, -0.1) is 0 Å².